The summed E-state index contributed by atoms with van der Waals surface area (Å²) in [6.07, 6.45) is 2.45. The van der Waals surface area contributed by atoms with Crippen molar-refractivity contribution in [2.24, 2.45) is 29.1 Å². The highest BCUT2D eigenvalue weighted by molar-refractivity contribution is 6.32. The quantitative estimate of drug-likeness (QED) is 0.270. The van der Waals surface area contributed by atoms with Crippen LogP contribution in [0.1, 0.15) is 36.8 Å². The molecule has 7 rings (SSSR count). The van der Waals surface area contributed by atoms with Gasteiger partial charge in [0.05, 0.1) is 34.5 Å². The fourth-order valence-electron chi connectivity index (χ4n) is 7.91. The van der Waals surface area contributed by atoms with Gasteiger partial charge in [-0.1, -0.05) is 59.1 Å². The van der Waals surface area contributed by atoms with Crippen molar-refractivity contribution in [2.75, 3.05) is 9.80 Å². The zero-order chi connectivity index (χ0) is 30.4. The molecule has 3 aromatic rings. The lowest BCUT2D eigenvalue weighted by Crippen LogP contribution is -2.48. The van der Waals surface area contributed by atoms with Crippen LogP contribution in [0.4, 0.5) is 11.4 Å². The predicted molar refractivity (Wildman–Crippen MR) is 163 cm³/mol. The number of nitrogens with zero attached hydrogens (tertiary/aromatic N) is 2. The Balaban J connectivity index is 1.38. The van der Waals surface area contributed by atoms with Crippen LogP contribution in [0.25, 0.3) is 0 Å². The van der Waals surface area contributed by atoms with Crippen LogP contribution in [-0.4, -0.2) is 28.7 Å². The van der Waals surface area contributed by atoms with E-state index in [9.17, 15) is 24.3 Å². The summed E-state index contributed by atoms with van der Waals surface area (Å²) < 4.78 is 0. The number of amides is 4. The van der Waals surface area contributed by atoms with Gasteiger partial charge in [0.25, 0.3) is 0 Å². The summed E-state index contributed by atoms with van der Waals surface area (Å²) in [5.74, 6) is -4.82. The summed E-state index contributed by atoms with van der Waals surface area (Å²) in [4.78, 5) is 58.9. The first-order valence-electron chi connectivity index (χ1n) is 14.3. The van der Waals surface area contributed by atoms with Crippen molar-refractivity contribution in [2.45, 2.75) is 32.6 Å². The number of allylic oxidation sites excluding steroid dienone is 2. The summed E-state index contributed by atoms with van der Waals surface area (Å²) in [5, 5.41) is 12.0. The minimum absolute atomic E-state index is 0.0544. The number of benzene rings is 3. The average Bonchev–Trinajstić information content (AvgIpc) is 3.36. The monoisotopic (exact) mass is 614 g/mol. The van der Waals surface area contributed by atoms with Gasteiger partial charge in [-0.3, -0.25) is 19.2 Å². The first kappa shape index (κ1) is 27.9. The van der Waals surface area contributed by atoms with Crippen molar-refractivity contribution in [1.82, 2.24) is 0 Å². The highest BCUT2D eigenvalue weighted by atomic mass is 35.5. The Labute approximate surface area is 258 Å². The number of hydrogen-bond acceptors (Lipinski definition) is 5. The molecule has 2 aliphatic carbocycles. The molecule has 4 aliphatic rings. The highest BCUT2D eigenvalue weighted by Gasteiger charge is 2.68. The van der Waals surface area contributed by atoms with Gasteiger partial charge < -0.3 is 5.11 Å². The number of phenols is 1. The largest absolute Gasteiger partial charge is 0.508 e. The van der Waals surface area contributed by atoms with Crippen molar-refractivity contribution in [3.63, 3.8) is 0 Å². The second-order valence-corrected chi connectivity index (χ2v) is 13.0. The number of fused-ring (bicyclic) bond motifs is 4. The Morgan fingerprint density at radius 2 is 1.58 bits per heavy atom. The standard InChI is InChI=1S/C34H28Cl2N2O5/c1-17-8-10-20(15-26(17)36)37-30(40)22-12-11-21-23(28(22)32(37)42)16-25-31(41)38(19-6-4-3-5-7-19)33(43)34(25,2)29(21)24-14-18(35)9-13-27(24)39/h3-11,13-15,22-23,25,28-29,39H,12,16H2,1-2H3/t22-,23+,25-,28-,29+,34+/m0/s1. The van der Waals surface area contributed by atoms with Gasteiger partial charge in [-0.25, -0.2) is 9.80 Å². The molecule has 3 aromatic carbocycles. The van der Waals surface area contributed by atoms with E-state index in [1.54, 1.807) is 61.5 Å². The van der Waals surface area contributed by atoms with Crippen LogP contribution < -0.4 is 9.80 Å². The first-order valence-corrected chi connectivity index (χ1v) is 15.1. The number of anilines is 2. The number of imide groups is 2. The van der Waals surface area contributed by atoms with E-state index < -0.39 is 35.0 Å². The van der Waals surface area contributed by atoms with Gasteiger partial charge in [0.1, 0.15) is 5.75 Å². The van der Waals surface area contributed by atoms with Crippen molar-refractivity contribution >= 4 is 58.2 Å². The molecule has 0 radical (unpaired) electrons. The molecule has 3 fully saturated rings. The molecule has 1 saturated carbocycles. The molecular formula is C34H28Cl2N2O5. The topological polar surface area (TPSA) is 95.0 Å². The third-order valence-corrected chi connectivity index (χ3v) is 10.6. The molecule has 6 atom stereocenters. The lowest BCUT2D eigenvalue weighted by molar-refractivity contribution is -0.131. The van der Waals surface area contributed by atoms with Crippen LogP contribution >= 0.6 is 23.2 Å². The number of phenolic OH excluding ortho intramolecular Hbond substituents is 1. The van der Waals surface area contributed by atoms with Crippen LogP contribution in [0.2, 0.25) is 10.0 Å². The molecule has 7 nitrogen and oxygen atoms in total. The molecule has 2 aliphatic heterocycles. The van der Waals surface area contributed by atoms with E-state index in [0.29, 0.717) is 33.4 Å². The minimum atomic E-state index is -1.26. The van der Waals surface area contributed by atoms with Crippen LogP contribution in [0.5, 0.6) is 5.75 Å². The fraction of sp³-hybridized carbons (Fsp3) is 0.294. The summed E-state index contributed by atoms with van der Waals surface area (Å²) in [7, 11) is 0. The molecule has 0 aromatic heterocycles. The molecule has 43 heavy (non-hydrogen) atoms. The molecule has 2 saturated heterocycles. The second-order valence-electron chi connectivity index (χ2n) is 12.1. The number of hydrogen-bond donors (Lipinski definition) is 1. The van der Waals surface area contributed by atoms with Crippen LogP contribution in [0.15, 0.2) is 78.4 Å². The fourth-order valence-corrected chi connectivity index (χ4v) is 8.27. The molecule has 4 amide bonds. The average molecular weight is 616 g/mol. The predicted octanol–water partition coefficient (Wildman–Crippen LogP) is 6.44. The van der Waals surface area contributed by atoms with Gasteiger partial charge in [0, 0.05) is 21.5 Å². The van der Waals surface area contributed by atoms with E-state index >= 15 is 0 Å². The third-order valence-electron chi connectivity index (χ3n) is 10.0. The van der Waals surface area contributed by atoms with E-state index in [-0.39, 0.29) is 35.8 Å². The zero-order valence-electron chi connectivity index (χ0n) is 23.5. The molecule has 1 N–H and O–H groups in total. The van der Waals surface area contributed by atoms with Gasteiger partial charge in [-0.2, -0.15) is 0 Å². The Kier molecular flexibility index (Phi) is 6.35. The SMILES string of the molecule is Cc1ccc(N2C(=O)[C@H]3[C@H](CC=C4[C@H]3C[C@H]3C(=O)N(c5ccccc5)C(=O)[C@@]3(C)[C@H]4c3cc(Cl)ccc3O)C2=O)cc1Cl. The Hall–Kier alpha value is -3.94. The van der Waals surface area contributed by atoms with E-state index in [1.807, 2.05) is 19.1 Å². The van der Waals surface area contributed by atoms with Gasteiger partial charge >= 0.3 is 0 Å². The molecule has 2 heterocycles. The molecule has 9 heteroatoms. The smallest absolute Gasteiger partial charge is 0.241 e. The van der Waals surface area contributed by atoms with E-state index in [4.69, 9.17) is 23.2 Å². The van der Waals surface area contributed by atoms with E-state index in [0.717, 1.165) is 11.1 Å². The van der Waals surface area contributed by atoms with Crippen LogP contribution in [-0.2, 0) is 19.2 Å². The number of rotatable bonds is 3. The Bertz CT molecular complexity index is 1770. The van der Waals surface area contributed by atoms with Crippen molar-refractivity contribution < 1.29 is 24.3 Å². The summed E-state index contributed by atoms with van der Waals surface area (Å²) in [5.41, 5.74) is 1.64. The van der Waals surface area contributed by atoms with Crippen molar-refractivity contribution in [3.05, 3.63) is 99.6 Å². The molecule has 0 unspecified atom stereocenters. The van der Waals surface area contributed by atoms with Gasteiger partial charge in [0.2, 0.25) is 23.6 Å². The molecular weight excluding hydrogens is 587 g/mol. The highest BCUT2D eigenvalue weighted by Crippen LogP contribution is 2.64. The molecule has 0 spiro atoms. The normalized spacial score (nSPS) is 29.9. The number of carbonyl (C=O) groups is 4. The maximum Gasteiger partial charge on any atom is 0.241 e. The van der Waals surface area contributed by atoms with Gasteiger partial charge in [0.15, 0.2) is 0 Å². The van der Waals surface area contributed by atoms with Crippen molar-refractivity contribution in [3.8, 4) is 5.75 Å². The number of carbonyl (C=O) groups excluding carboxylic acids is 4. The zero-order valence-corrected chi connectivity index (χ0v) is 25.0. The summed E-state index contributed by atoms with van der Waals surface area (Å²) in [6.45, 7) is 3.62. The maximum atomic E-state index is 14.4. The lowest BCUT2D eigenvalue weighted by Gasteiger charge is -2.49. The van der Waals surface area contributed by atoms with E-state index in [1.165, 1.54) is 15.9 Å². The lowest BCUT2D eigenvalue weighted by atomic mass is 9.51. The first-order chi connectivity index (χ1) is 20.5. The summed E-state index contributed by atoms with van der Waals surface area (Å²) >= 11 is 12.8. The number of halogens is 2. The second kappa shape index (κ2) is 9.79. The Morgan fingerprint density at radius 3 is 2.30 bits per heavy atom. The van der Waals surface area contributed by atoms with Crippen LogP contribution in [0, 0.1) is 36.0 Å². The van der Waals surface area contributed by atoms with Crippen molar-refractivity contribution in [1.29, 1.82) is 0 Å². The number of aromatic hydroxyl groups is 1. The third kappa shape index (κ3) is 3.87. The van der Waals surface area contributed by atoms with Gasteiger partial charge in [-0.05, 0) is 80.6 Å². The Morgan fingerprint density at radius 1 is 0.837 bits per heavy atom. The van der Waals surface area contributed by atoms with E-state index in [2.05, 4.69) is 0 Å². The number of para-hydroxylation sites is 1. The minimum Gasteiger partial charge on any atom is -0.508 e. The molecule has 218 valence electrons. The van der Waals surface area contributed by atoms with Crippen LogP contribution in [0.3, 0.4) is 0 Å². The number of aryl methyl sites for hydroxylation is 1. The maximum absolute atomic E-state index is 14.4. The summed E-state index contributed by atoms with van der Waals surface area (Å²) in [6, 6.07) is 18.6. The van der Waals surface area contributed by atoms with Gasteiger partial charge in [-0.15, -0.1) is 0 Å². The molecule has 0 bridgehead atoms.